The van der Waals surface area contributed by atoms with Gasteiger partial charge in [-0.3, -0.25) is 4.79 Å². The highest BCUT2D eigenvalue weighted by atomic mass is 35.5. The predicted molar refractivity (Wildman–Crippen MR) is 104 cm³/mol. The lowest BCUT2D eigenvalue weighted by Crippen LogP contribution is -2.13. The molecule has 0 aliphatic heterocycles. The van der Waals surface area contributed by atoms with Crippen molar-refractivity contribution in [3.63, 3.8) is 0 Å². The number of hydrogen-bond donors (Lipinski definition) is 2. The fourth-order valence-corrected chi connectivity index (χ4v) is 2.52. The summed E-state index contributed by atoms with van der Waals surface area (Å²) in [6.45, 7) is 0. The molecule has 1 heterocycles. The van der Waals surface area contributed by atoms with Crippen molar-refractivity contribution in [2.24, 2.45) is 0 Å². The number of nitrogens with one attached hydrogen (secondary N) is 2. The maximum absolute atomic E-state index is 12.2. The topological polar surface area (TPSA) is 85.4 Å². The second-order valence-corrected chi connectivity index (χ2v) is 5.90. The average Bonchev–Trinajstić information content (AvgIpc) is 2.69. The molecule has 0 fully saturated rings. The number of halogens is 1. The molecule has 3 aromatic rings. The lowest BCUT2D eigenvalue weighted by Gasteiger charge is -2.12. The van der Waals surface area contributed by atoms with Gasteiger partial charge in [-0.15, -0.1) is 10.2 Å². The molecule has 3 rings (SSSR count). The summed E-state index contributed by atoms with van der Waals surface area (Å²) in [5.74, 6) is 1.81. The fraction of sp³-hybridized carbons (Fsp3) is 0.105. The fourth-order valence-electron chi connectivity index (χ4n) is 2.33. The molecule has 27 heavy (non-hydrogen) atoms. The molecule has 0 aliphatic rings. The summed E-state index contributed by atoms with van der Waals surface area (Å²) in [7, 11) is 3.16. The number of methoxy groups -OCH3 is 2. The van der Waals surface area contributed by atoms with Crippen LogP contribution in [0.3, 0.4) is 0 Å². The van der Waals surface area contributed by atoms with Gasteiger partial charge in [0.1, 0.15) is 11.5 Å². The molecular formula is C19H17ClN4O3. The zero-order chi connectivity index (χ0) is 19.2. The molecule has 0 radical (unpaired) electrons. The lowest BCUT2D eigenvalue weighted by molar-refractivity contribution is 0.102. The lowest BCUT2D eigenvalue weighted by atomic mass is 10.2. The van der Waals surface area contributed by atoms with Crippen LogP contribution in [0.1, 0.15) is 10.4 Å². The Bertz CT molecular complexity index is 948. The number of aromatic nitrogens is 2. The molecule has 0 unspecified atom stereocenters. The molecule has 8 heteroatoms. The minimum atomic E-state index is -0.318. The standard InChI is InChI=1S/C19H17ClN4O3/c1-26-14-6-7-16(27-2)15(11-14)21-17-8-9-18(24-23-17)22-19(25)12-4-3-5-13(20)10-12/h3-11H,1-2H3,(H,21,23)(H,22,24,25). The van der Waals surface area contributed by atoms with E-state index in [0.29, 0.717) is 39.4 Å². The van der Waals surface area contributed by atoms with Crippen LogP contribution in [0.2, 0.25) is 5.02 Å². The molecular weight excluding hydrogens is 368 g/mol. The molecule has 0 bridgehead atoms. The van der Waals surface area contributed by atoms with Gasteiger partial charge >= 0.3 is 0 Å². The first-order chi connectivity index (χ1) is 13.1. The minimum absolute atomic E-state index is 0.318. The first-order valence-corrected chi connectivity index (χ1v) is 8.36. The Morgan fingerprint density at radius 2 is 1.74 bits per heavy atom. The van der Waals surface area contributed by atoms with Crippen LogP contribution in [0, 0.1) is 0 Å². The number of anilines is 3. The minimum Gasteiger partial charge on any atom is -0.497 e. The molecule has 0 aliphatic carbocycles. The highest BCUT2D eigenvalue weighted by Crippen LogP contribution is 2.30. The van der Waals surface area contributed by atoms with E-state index < -0.39 is 0 Å². The molecule has 0 saturated heterocycles. The zero-order valence-corrected chi connectivity index (χ0v) is 15.4. The van der Waals surface area contributed by atoms with Gasteiger partial charge in [-0.2, -0.15) is 0 Å². The van der Waals surface area contributed by atoms with Crippen LogP contribution < -0.4 is 20.1 Å². The van der Waals surface area contributed by atoms with Gasteiger partial charge in [-0.1, -0.05) is 17.7 Å². The van der Waals surface area contributed by atoms with Crippen LogP contribution in [0.4, 0.5) is 17.3 Å². The number of ether oxygens (including phenoxy) is 2. The third kappa shape index (κ3) is 4.65. The molecule has 0 saturated carbocycles. The van der Waals surface area contributed by atoms with Crippen molar-refractivity contribution in [3.05, 3.63) is 65.2 Å². The smallest absolute Gasteiger partial charge is 0.256 e. The maximum Gasteiger partial charge on any atom is 0.256 e. The number of benzene rings is 2. The third-order valence-electron chi connectivity index (χ3n) is 3.66. The summed E-state index contributed by atoms with van der Waals surface area (Å²) < 4.78 is 10.5. The van der Waals surface area contributed by atoms with E-state index >= 15 is 0 Å². The van der Waals surface area contributed by atoms with Crippen LogP contribution >= 0.6 is 11.6 Å². The maximum atomic E-state index is 12.2. The van der Waals surface area contributed by atoms with Gasteiger partial charge in [-0.25, -0.2) is 0 Å². The Balaban J connectivity index is 1.71. The number of carbonyl (C=O) groups is 1. The molecule has 138 valence electrons. The van der Waals surface area contributed by atoms with E-state index in [9.17, 15) is 4.79 Å². The summed E-state index contributed by atoms with van der Waals surface area (Å²) in [5.41, 5.74) is 1.12. The highest BCUT2D eigenvalue weighted by Gasteiger charge is 2.09. The van der Waals surface area contributed by atoms with Crippen LogP contribution in [0.5, 0.6) is 11.5 Å². The van der Waals surface area contributed by atoms with Crippen LogP contribution in [-0.2, 0) is 0 Å². The second-order valence-electron chi connectivity index (χ2n) is 5.46. The van der Waals surface area contributed by atoms with Crippen molar-refractivity contribution in [1.29, 1.82) is 0 Å². The van der Waals surface area contributed by atoms with Crippen molar-refractivity contribution in [3.8, 4) is 11.5 Å². The predicted octanol–water partition coefficient (Wildman–Crippen LogP) is 4.14. The summed E-state index contributed by atoms with van der Waals surface area (Å²) in [5, 5.41) is 14.4. The number of hydrogen-bond acceptors (Lipinski definition) is 6. The van der Waals surface area contributed by atoms with Gasteiger partial charge in [0.25, 0.3) is 5.91 Å². The molecule has 0 atom stereocenters. The average molecular weight is 385 g/mol. The molecule has 2 aromatic carbocycles. The summed E-state index contributed by atoms with van der Waals surface area (Å²) in [6.07, 6.45) is 0. The molecule has 1 aromatic heterocycles. The zero-order valence-electron chi connectivity index (χ0n) is 14.7. The van der Waals surface area contributed by atoms with E-state index in [-0.39, 0.29) is 5.91 Å². The van der Waals surface area contributed by atoms with Gasteiger partial charge in [0.2, 0.25) is 0 Å². The Morgan fingerprint density at radius 3 is 2.41 bits per heavy atom. The van der Waals surface area contributed by atoms with Gasteiger partial charge in [0.05, 0.1) is 19.9 Å². The van der Waals surface area contributed by atoms with E-state index in [1.54, 1.807) is 68.8 Å². The van der Waals surface area contributed by atoms with Crippen molar-refractivity contribution >= 4 is 34.8 Å². The van der Waals surface area contributed by atoms with Crippen LogP contribution in [0.25, 0.3) is 0 Å². The third-order valence-corrected chi connectivity index (χ3v) is 3.90. The highest BCUT2D eigenvalue weighted by molar-refractivity contribution is 6.31. The quantitative estimate of drug-likeness (QED) is 0.664. The van der Waals surface area contributed by atoms with E-state index in [2.05, 4.69) is 20.8 Å². The molecule has 0 spiro atoms. The number of amides is 1. The summed E-state index contributed by atoms with van der Waals surface area (Å²) >= 11 is 5.90. The molecule has 7 nitrogen and oxygen atoms in total. The normalized spacial score (nSPS) is 10.2. The van der Waals surface area contributed by atoms with Gasteiger partial charge in [0, 0.05) is 16.7 Å². The number of carbonyl (C=O) groups excluding carboxylic acids is 1. The van der Waals surface area contributed by atoms with Crippen molar-refractivity contribution in [2.45, 2.75) is 0 Å². The Kier molecular flexibility index (Phi) is 5.73. The summed E-state index contributed by atoms with van der Waals surface area (Å²) in [6, 6.07) is 15.4. The molecule has 1 amide bonds. The first-order valence-electron chi connectivity index (χ1n) is 7.99. The van der Waals surface area contributed by atoms with E-state index in [1.807, 2.05) is 0 Å². The van der Waals surface area contributed by atoms with Gasteiger partial charge in [-0.05, 0) is 42.5 Å². The second kappa shape index (κ2) is 8.37. The largest absolute Gasteiger partial charge is 0.497 e. The van der Waals surface area contributed by atoms with Crippen molar-refractivity contribution < 1.29 is 14.3 Å². The van der Waals surface area contributed by atoms with Gasteiger partial charge < -0.3 is 20.1 Å². The van der Waals surface area contributed by atoms with Crippen LogP contribution in [-0.4, -0.2) is 30.3 Å². The van der Waals surface area contributed by atoms with Crippen molar-refractivity contribution in [2.75, 3.05) is 24.9 Å². The van der Waals surface area contributed by atoms with Crippen LogP contribution in [0.15, 0.2) is 54.6 Å². The monoisotopic (exact) mass is 384 g/mol. The Labute approximate surface area is 161 Å². The number of nitrogens with zero attached hydrogens (tertiary/aromatic N) is 2. The number of rotatable bonds is 6. The van der Waals surface area contributed by atoms with Crippen molar-refractivity contribution in [1.82, 2.24) is 10.2 Å². The molecule has 2 N–H and O–H groups in total. The van der Waals surface area contributed by atoms with Gasteiger partial charge in [0.15, 0.2) is 11.6 Å². The van der Waals surface area contributed by atoms with E-state index in [4.69, 9.17) is 21.1 Å². The first kappa shape index (κ1) is 18.5. The Hall–Kier alpha value is -3.32. The SMILES string of the molecule is COc1ccc(OC)c(Nc2ccc(NC(=O)c3cccc(Cl)c3)nn2)c1. The van der Waals surface area contributed by atoms with E-state index in [0.717, 1.165) is 0 Å². The van der Waals surface area contributed by atoms with E-state index in [1.165, 1.54) is 0 Å². The summed E-state index contributed by atoms with van der Waals surface area (Å²) in [4.78, 5) is 12.2. The Morgan fingerprint density at radius 1 is 0.963 bits per heavy atom.